The Morgan fingerprint density at radius 2 is 1.79 bits per heavy atom. The van der Waals surface area contributed by atoms with Crippen molar-refractivity contribution in [3.63, 3.8) is 0 Å². The predicted octanol–water partition coefficient (Wildman–Crippen LogP) is 8.68. The number of aliphatic hydroxyl groups is 1. The van der Waals surface area contributed by atoms with Crippen molar-refractivity contribution in [3.05, 3.63) is 11.6 Å². The third-order valence-corrected chi connectivity index (χ3v) is 11.9. The maximum Gasteiger partial charge on any atom is 0.407 e. The van der Waals surface area contributed by atoms with Crippen LogP contribution in [0.15, 0.2) is 11.6 Å². The van der Waals surface area contributed by atoms with Crippen molar-refractivity contribution in [1.82, 2.24) is 5.32 Å². The zero-order valence-corrected chi connectivity index (χ0v) is 25.4. The molecule has 0 spiro atoms. The van der Waals surface area contributed by atoms with Crippen LogP contribution in [0.25, 0.3) is 0 Å². The van der Waals surface area contributed by atoms with Gasteiger partial charge in [0.1, 0.15) is 6.10 Å². The number of hydrogen-bond donors (Lipinski definition) is 2. The van der Waals surface area contributed by atoms with Crippen LogP contribution in [0.5, 0.6) is 0 Å². The number of rotatable bonds is 12. The lowest BCUT2D eigenvalue weighted by Crippen LogP contribution is -2.51. The molecule has 4 aliphatic carbocycles. The molecule has 218 valence electrons. The van der Waals surface area contributed by atoms with Gasteiger partial charge in [0.25, 0.3) is 0 Å². The summed E-state index contributed by atoms with van der Waals surface area (Å²) in [5, 5.41) is 11.8. The van der Waals surface area contributed by atoms with E-state index in [9.17, 15) is 4.79 Å². The van der Waals surface area contributed by atoms with Crippen LogP contribution in [0, 0.1) is 46.3 Å². The number of hydrogen-bond acceptors (Lipinski definition) is 3. The van der Waals surface area contributed by atoms with E-state index in [4.69, 9.17) is 9.84 Å². The average molecular weight is 530 g/mol. The highest BCUT2D eigenvalue weighted by Crippen LogP contribution is 2.67. The standard InChI is InChI=1S/C34H59NO3/c1-24(2)11-10-12-25(3)29-15-16-30-28-14-13-26-23-27(38-32(37)35-21-8-6-7-9-22-36)17-19-33(26,4)31(28)18-20-34(29,30)5/h13,24-25,27-31,36H,6-12,14-23H2,1-5H3,(H,35,37)/t25-,27+,28?,29-,30?,31?,33+,34?/m0/s1. The first-order chi connectivity index (χ1) is 18.2. The SMILES string of the molecule is CC(C)CCC[C@H](C)[C@@H]1CCC2C3CC=C4C[C@H](OC(=O)NCCCCCCO)CC[C@@]4(C)C3CCC21C. The summed E-state index contributed by atoms with van der Waals surface area (Å²) in [4.78, 5) is 12.4. The summed E-state index contributed by atoms with van der Waals surface area (Å²) >= 11 is 0. The van der Waals surface area contributed by atoms with Gasteiger partial charge in [0.15, 0.2) is 0 Å². The van der Waals surface area contributed by atoms with E-state index in [1.807, 2.05) is 0 Å². The van der Waals surface area contributed by atoms with Gasteiger partial charge in [-0.05, 0) is 104 Å². The molecule has 0 heterocycles. The monoisotopic (exact) mass is 529 g/mol. The van der Waals surface area contributed by atoms with Crippen LogP contribution in [-0.2, 0) is 4.74 Å². The summed E-state index contributed by atoms with van der Waals surface area (Å²) in [7, 11) is 0. The molecule has 4 rings (SSSR count). The molecule has 4 unspecified atom stereocenters. The van der Waals surface area contributed by atoms with Gasteiger partial charge in [0, 0.05) is 19.6 Å². The fourth-order valence-corrected chi connectivity index (χ4v) is 9.73. The van der Waals surface area contributed by atoms with Crippen molar-refractivity contribution in [2.75, 3.05) is 13.2 Å². The Morgan fingerprint density at radius 1 is 1.00 bits per heavy atom. The smallest absolute Gasteiger partial charge is 0.407 e. The highest BCUT2D eigenvalue weighted by atomic mass is 16.6. The minimum atomic E-state index is -0.247. The molecule has 4 nitrogen and oxygen atoms in total. The van der Waals surface area contributed by atoms with Crippen LogP contribution in [0.1, 0.15) is 131 Å². The lowest BCUT2D eigenvalue weighted by atomic mass is 9.47. The summed E-state index contributed by atoms with van der Waals surface area (Å²) < 4.78 is 5.89. The second kappa shape index (κ2) is 13.1. The summed E-state index contributed by atoms with van der Waals surface area (Å²) in [6, 6.07) is 0. The van der Waals surface area contributed by atoms with Gasteiger partial charge >= 0.3 is 6.09 Å². The summed E-state index contributed by atoms with van der Waals surface area (Å²) in [6.07, 6.45) is 20.5. The summed E-state index contributed by atoms with van der Waals surface area (Å²) in [6.45, 7) is 13.5. The number of alkyl carbamates (subject to hydrolysis) is 1. The van der Waals surface area contributed by atoms with Crippen molar-refractivity contribution in [1.29, 1.82) is 0 Å². The topological polar surface area (TPSA) is 58.6 Å². The van der Waals surface area contributed by atoms with Gasteiger partial charge in [0.05, 0.1) is 0 Å². The number of nitrogens with one attached hydrogen (secondary N) is 1. The molecule has 0 aromatic heterocycles. The Bertz CT molecular complexity index is 808. The summed E-state index contributed by atoms with van der Waals surface area (Å²) in [5.74, 6) is 5.16. The maximum absolute atomic E-state index is 12.4. The second-order valence-electron chi connectivity index (χ2n) is 14.6. The molecule has 4 heteroatoms. The Morgan fingerprint density at radius 3 is 2.55 bits per heavy atom. The van der Waals surface area contributed by atoms with Crippen LogP contribution >= 0.6 is 0 Å². The van der Waals surface area contributed by atoms with Gasteiger partial charge in [-0.3, -0.25) is 0 Å². The normalized spacial score (nSPS) is 37.1. The highest BCUT2D eigenvalue weighted by molar-refractivity contribution is 5.67. The fourth-order valence-electron chi connectivity index (χ4n) is 9.73. The molecular weight excluding hydrogens is 470 g/mol. The van der Waals surface area contributed by atoms with Gasteiger partial charge in [0.2, 0.25) is 0 Å². The molecule has 0 bridgehead atoms. The highest BCUT2D eigenvalue weighted by Gasteiger charge is 2.59. The molecule has 0 aromatic carbocycles. The lowest BCUT2D eigenvalue weighted by Gasteiger charge is -2.58. The molecule has 0 radical (unpaired) electrons. The minimum absolute atomic E-state index is 0.0247. The number of unbranched alkanes of at least 4 members (excludes halogenated alkanes) is 3. The molecule has 8 atom stereocenters. The Balaban J connectivity index is 1.31. The van der Waals surface area contributed by atoms with E-state index in [1.54, 1.807) is 5.57 Å². The van der Waals surface area contributed by atoms with Crippen molar-refractivity contribution >= 4 is 6.09 Å². The molecule has 4 aliphatic rings. The first-order valence-corrected chi connectivity index (χ1v) is 16.4. The van der Waals surface area contributed by atoms with E-state index in [2.05, 4.69) is 46.0 Å². The van der Waals surface area contributed by atoms with Crippen LogP contribution in [0.2, 0.25) is 0 Å². The van der Waals surface area contributed by atoms with Gasteiger partial charge in [-0.25, -0.2) is 4.79 Å². The van der Waals surface area contributed by atoms with Crippen molar-refractivity contribution in [3.8, 4) is 0 Å². The van der Waals surface area contributed by atoms with Crippen LogP contribution in [0.4, 0.5) is 4.79 Å². The van der Waals surface area contributed by atoms with E-state index < -0.39 is 0 Å². The molecular formula is C34H59NO3. The molecule has 0 saturated heterocycles. The van der Waals surface area contributed by atoms with Gasteiger partial charge in [-0.2, -0.15) is 0 Å². The van der Waals surface area contributed by atoms with Crippen molar-refractivity contribution in [2.24, 2.45) is 46.3 Å². The van der Waals surface area contributed by atoms with Gasteiger partial charge in [-0.1, -0.05) is 78.4 Å². The zero-order valence-electron chi connectivity index (χ0n) is 25.4. The van der Waals surface area contributed by atoms with Crippen molar-refractivity contribution < 1.29 is 14.6 Å². The third-order valence-electron chi connectivity index (χ3n) is 11.9. The molecule has 1 amide bonds. The Kier molecular flexibility index (Phi) is 10.3. The number of allylic oxidation sites excluding steroid dienone is 1. The first kappa shape index (κ1) is 29.9. The van der Waals surface area contributed by atoms with Crippen LogP contribution < -0.4 is 5.32 Å². The Hall–Kier alpha value is -1.03. The average Bonchev–Trinajstić information content (AvgIpc) is 3.23. The third kappa shape index (κ3) is 6.47. The fraction of sp³-hybridized carbons (Fsp3) is 0.912. The first-order valence-electron chi connectivity index (χ1n) is 16.4. The number of carbonyl (C=O) groups is 1. The molecule has 0 aromatic rings. The zero-order chi connectivity index (χ0) is 27.3. The second-order valence-corrected chi connectivity index (χ2v) is 14.6. The minimum Gasteiger partial charge on any atom is -0.446 e. The van der Waals surface area contributed by atoms with E-state index in [0.29, 0.717) is 17.4 Å². The number of ether oxygens (including phenoxy) is 1. The number of fused-ring (bicyclic) bond motifs is 5. The molecule has 3 fully saturated rings. The molecule has 3 saturated carbocycles. The van der Waals surface area contributed by atoms with Gasteiger partial charge < -0.3 is 15.2 Å². The summed E-state index contributed by atoms with van der Waals surface area (Å²) in [5.41, 5.74) is 2.43. The van der Waals surface area contributed by atoms with E-state index in [-0.39, 0.29) is 18.8 Å². The predicted molar refractivity (Wildman–Crippen MR) is 157 cm³/mol. The molecule has 38 heavy (non-hydrogen) atoms. The Labute approximate surface area is 234 Å². The molecule has 2 N–H and O–H groups in total. The van der Waals surface area contributed by atoms with Crippen LogP contribution in [0.3, 0.4) is 0 Å². The number of carbonyl (C=O) groups excluding carboxylic acids is 1. The van der Waals surface area contributed by atoms with Crippen LogP contribution in [-0.4, -0.2) is 30.5 Å². The quantitative estimate of drug-likeness (QED) is 0.196. The number of aliphatic hydroxyl groups excluding tert-OH is 1. The van der Waals surface area contributed by atoms with Crippen molar-refractivity contribution in [2.45, 2.75) is 137 Å². The van der Waals surface area contributed by atoms with E-state index in [0.717, 1.165) is 80.5 Å². The maximum atomic E-state index is 12.4. The van der Waals surface area contributed by atoms with E-state index in [1.165, 1.54) is 51.4 Å². The van der Waals surface area contributed by atoms with E-state index >= 15 is 0 Å². The molecule has 0 aliphatic heterocycles. The van der Waals surface area contributed by atoms with Gasteiger partial charge in [-0.15, -0.1) is 0 Å². The largest absolute Gasteiger partial charge is 0.446 e. The number of amides is 1. The lowest BCUT2D eigenvalue weighted by molar-refractivity contribution is -0.0581.